The van der Waals surface area contributed by atoms with Gasteiger partial charge >= 0.3 is 0 Å². The van der Waals surface area contributed by atoms with Crippen molar-refractivity contribution < 1.29 is 0 Å². The number of hydrazone groups is 1. The summed E-state index contributed by atoms with van der Waals surface area (Å²) in [5.41, 5.74) is 3.99. The first kappa shape index (κ1) is 8.62. The first-order valence-corrected chi connectivity index (χ1v) is 4.46. The minimum atomic E-state index is -0.00466. The number of hydrogen-bond donors (Lipinski definition) is 3. The van der Waals surface area contributed by atoms with Gasteiger partial charge in [0.05, 0.1) is 6.21 Å². The van der Waals surface area contributed by atoms with Crippen LogP contribution in [-0.4, -0.2) is 12.5 Å². The lowest BCUT2D eigenvalue weighted by Gasteiger charge is -2.10. The molecule has 0 aromatic heterocycles. The van der Waals surface area contributed by atoms with Crippen molar-refractivity contribution in [2.75, 3.05) is 0 Å². The molecule has 1 aliphatic heterocycles. The van der Waals surface area contributed by atoms with Gasteiger partial charge in [0.25, 0.3) is 0 Å². The molecule has 1 aliphatic rings. The van der Waals surface area contributed by atoms with E-state index in [9.17, 15) is 0 Å². The highest BCUT2D eigenvalue weighted by atomic mass is 15.4. The topological polar surface area (TPSA) is 48.5 Å². The van der Waals surface area contributed by atoms with Crippen molar-refractivity contribution in [3.63, 3.8) is 0 Å². The van der Waals surface area contributed by atoms with Gasteiger partial charge < -0.3 is 10.6 Å². The van der Waals surface area contributed by atoms with E-state index in [1.807, 2.05) is 42.7 Å². The average molecular weight is 188 g/mol. The fourth-order valence-corrected chi connectivity index (χ4v) is 1.14. The van der Waals surface area contributed by atoms with E-state index in [0.717, 1.165) is 5.56 Å². The van der Waals surface area contributed by atoms with Gasteiger partial charge in [0.2, 0.25) is 0 Å². The van der Waals surface area contributed by atoms with E-state index in [2.05, 4.69) is 21.2 Å². The van der Waals surface area contributed by atoms with E-state index in [0.29, 0.717) is 0 Å². The van der Waals surface area contributed by atoms with Crippen molar-refractivity contribution in [2.45, 2.75) is 6.29 Å². The standard InChI is InChI=1S/C10H12N4/c1-2-4-9(5-3-1)8-13-14-10-11-6-7-12-10/h1-8,10-12,14H/b13-8+. The van der Waals surface area contributed by atoms with Gasteiger partial charge in [0.1, 0.15) is 0 Å². The first-order chi connectivity index (χ1) is 6.95. The summed E-state index contributed by atoms with van der Waals surface area (Å²) in [4.78, 5) is 0. The first-order valence-electron chi connectivity index (χ1n) is 4.46. The predicted molar refractivity (Wildman–Crippen MR) is 56.4 cm³/mol. The molecule has 3 N–H and O–H groups in total. The van der Waals surface area contributed by atoms with Crippen molar-refractivity contribution in [3.05, 3.63) is 48.3 Å². The summed E-state index contributed by atoms with van der Waals surface area (Å²) >= 11 is 0. The van der Waals surface area contributed by atoms with Crippen LogP contribution in [0.3, 0.4) is 0 Å². The summed E-state index contributed by atoms with van der Waals surface area (Å²) in [6.07, 6.45) is 5.43. The van der Waals surface area contributed by atoms with Crippen LogP contribution in [0.2, 0.25) is 0 Å². The Labute approximate surface area is 82.7 Å². The van der Waals surface area contributed by atoms with Crippen molar-refractivity contribution >= 4 is 6.21 Å². The van der Waals surface area contributed by atoms with Crippen molar-refractivity contribution in [2.24, 2.45) is 5.10 Å². The molecule has 0 atom stereocenters. The largest absolute Gasteiger partial charge is 0.352 e. The van der Waals surface area contributed by atoms with Crippen LogP contribution in [0.4, 0.5) is 0 Å². The molecule has 0 fully saturated rings. The minimum absolute atomic E-state index is 0.00466. The van der Waals surface area contributed by atoms with E-state index < -0.39 is 0 Å². The second kappa shape index (κ2) is 4.32. The number of rotatable bonds is 3. The Morgan fingerprint density at radius 1 is 1.14 bits per heavy atom. The SMILES string of the molecule is C1=CNC(N/N=C/c2ccccc2)N1. The molecule has 2 rings (SSSR count). The third-order valence-corrected chi connectivity index (χ3v) is 1.83. The van der Waals surface area contributed by atoms with Crippen LogP contribution >= 0.6 is 0 Å². The normalized spacial score (nSPS) is 15.4. The van der Waals surface area contributed by atoms with Gasteiger partial charge in [0, 0.05) is 12.4 Å². The van der Waals surface area contributed by atoms with E-state index >= 15 is 0 Å². The van der Waals surface area contributed by atoms with Crippen molar-refractivity contribution in [1.29, 1.82) is 0 Å². The molecule has 4 heteroatoms. The molecule has 0 radical (unpaired) electrons. The zero-order valence-electron chi connectivity index (χ0n) is 7.64. The van der Waals surface area contributed by atoms with Gasteiger partial charge in [0.15, 0.2) is 6.29 Å². The molecule has 1 aromatic carbocycles. The minimum Gasteiger partial charge on any atom is -0.352 e. The number of benzene rings is 1. The van der Waals surface area contributed by atoms with Gasteiger partial charge in [-0.3, -0.25) is 5.43 Å². The molecule has 0 bridgehead atoms. The highest BCUT2D eigenvalue weighted by molar-refractivity contribution is 5.79. The van der Waals surface area contributed by atoms with Gasteiger partial charge in [-0.25, -0.2) is 0 Å². The molecule has 1 aromatic rings. The highest BCUT2D eigenvalue weighted by Crippen LogP contribution is 1.93. The summed E-state index contributed by atoms with van der Waals surface area (Å²) in [5.74, 6) is 0. The molecule has 0 spiro atoms. The third-order valence-electron chi connectivity index (χ3n) is 1.83. The van der Waals surface area contributed by atoms with Gasteiger partial charge in [-0.2, -0.15) is 5.10 Å². The highest BCUT2D eigenvalue weighted by Gasteiger charge is 2.02. The zero-order chi connectivity index (χ0) is 9.64. The number of nitrogens with one attached hydrogen (secondary N) is 3. The summed E-state index contributed by atoms with van der Waals surface area (Å²) < 4.78 is 0. The molecular weight excluding hydrogens is 176 g/mol. The van der Waals surface area contributed by atoms with Crippen LogP contribution in [0.5, 0.6) is 0 Å². The number of nitrogens with zero attached hydrogens (tertiary/aromatic N) is 1. The predicted octanol–water partition coefficient (Wildman–Crippen LogP) is 0.558. The summed E-state index contributed by atoms with van der Waals surface area (Å²) in [5, 5.41) is 10.1. The average Bonchev–Trinajstić information content (AvgIpc) is 2.72. The Hall–Kier alpha value is -1.97. The maximum Gasteiger partial charge on any atom is 0.188 e. The fraction of sp³-hybridized carbons (Fsp3) is 0.100. The summed E-state index contributed by atoms with van der Waals surface area (Å²) in [6, 6.07) is 9.94. The van der Waals surface area contributed by atoms with Crippen LogP contribution in [-0.2, 0) is 0 Å². The molecular formula is C10H12N4. The molecule has 1 heterocycles. The smallest absolute Gasteiger partial charge is 0.188 e. The maximum atomic E-state index is 4.08. The summed E-state index contributed by atoms with van der Waals surface area (Å²) in [6.45, 7) is 0. The molecule has 0 amide bonds. The molecule has 0 unspecified atom stereocenters. The molecule has 72 valence electrons. The Morgan fingerprint density at radius 3 is 2.57 bits per heavy atom. The molecule has 0 aliphatic carbocycles. The molecule has 4 nitrogen and oxygen atoms in total. The second-order valence-electron chi connectivity index (χ2n) is 2.90. The molecule has 14 heavy (non-hydrogen) atoms. The van der Waals surface area contributed by atoms with E-state index in [1.165, 1.54) is 0 Å². The van der Waals surface area contributed by atoms with Gasteiger partial charge in [-0.15, -0.1) is 0 Å². The third kappa shape index (κ3) is 2.26. The Morgan fingerprint density at radius 2 is 1.86 bits per heavy atom. The zero-order valence-corrected chi connectivity index (χ0v) is 7.64. The molecule has 0 saturated carbocycles. The van der Waals surface area contributed by atoms with Gasteiger partial charge in [-0.1, -0.05) is 30.3 Å². The monoisotopic (exact) mass is 188 g/mol. The van der Waals surface area contributed by atoms with Crippen LogP contribution in [0, 0.1) is 0 Å². The van der Waals surface area contributed by atoms with E-state index in [4.69, 9.17) is 0 Å². The maximum absolute atomic E-state index is 4.08. The number of hydrogen-bond acceptors (Lipinski definition) is 4. The van der Waals surface area contributed by atoms with Crippen LogP contribution in [0.1, 0.15) is 5.56 Å². The van der Waals surface area contributed by atoms with Crippen LogP contribution < -0.4 is 16.1 Å². The molecule has 0 saturated heterocycles. The second-order valence-corrected chi connectivity index (χ2v) is 2.90. The Kier molecular flexibility index (Phi) is 2.66. The summed E-state index contributed by atoms with van der Waals surface area (Å²) in [7, 11) is 0. The van der Waals surface area contributed by atoms with Gasteiger partial charge in [-0.05, 0) is 5.56 Å². The van der Waals surface area contributed by atoms with Crippen LogP contribution in [0.15, 0.2) is 47.8 Å². The Balaban J connectivity index is 1.83. The Bertz CT molecular complexity index is 323. The van der Waals surface area contributed by atoms with Crippen molar-refractivity contribution in [3.8, 4) is 0 Å². The van der Waals surface area contributed by atoms with Crippen molar-refractivity contribution in [1.82, 2.24) is 16.1 Å². The quantitative estimate of drug-likeness (QED) is 0.480. The lowest BCUT2D eigenvalue weighted by molar-refractivity contribution is 0.473. The lowest BCUT2D eigenvalue weighted by Crippen LogP contribution is -2.42. The van der Waals surface area contributed by atoms with E-state index in [-0.39, 0.29) is 6.29 Å². The lowest BCUT2D eigenvalue weighted by atomic mass is 10.2. The van der Waals surface area contributed by atoms with Crippen LogP contribution in [0.25, 0.3) is 0 Å². The fourth-order valence-electron chi connectivity index (χ4n) is 1.14. The van der Waals surface area contributed by atoms with E-state index in [1.54, 1.807) is 6.21 Å².